The third-order valence-corrected chi connectivity index (χ3v) is 4.20. The topological polar surface area (TPSA) is 50.3 Å². The van der Waals surface area contributed by atoms with Crippen LogP contribution in [-0.4, -0.2) is 47.4 Å². The van der Waals surface area contributed by atoms with E-state index in [-0.39, 0.29) is 0 Å². The fourth-order valence-electron chi connectivity index (χ4n) is 2.86. The molecular weight excluding hydrogens is 262 g/mol. The van der Waals surface area contributed by atoms with E-state index < -0.39 is 0 Å². The van der Waals surface area contributed by atoms with Gasteiger partial charge in [-0.3, -0.25) is 0 Å². The molecule has 1 aromatic carbocycles. The lowest BCUT2D eigenvalue weighted by Gasteiger charge is -2.35. The Morgan fingerprint density at radius 2 is 1.76 bits per heavy atom. The summed E-state index contributed by atoms with van der Waals surface area (Å²) in [5, 5.41) is 4.63. The molecule has 2 aromatic rings. The molecule has 3 rings (SSSR count). The monoisotopic (exact) mass is 285 g/mol. The Labute approximate surface area is 126 Å². The molecule has 0 bridgehead atoms. The quantitative estimate of drug-likeness (QED) is 0.936. The number of anilines is 2. The molecule has 1 saturated heterocycles. The van der Waals surface area contributed by atoms with Crippen LogP contribution in [0.15, 0.2) is 30.3 Å². The summed E-state index contributed by atoms with van der Waals surface area (Å²) in [6, 6.07) is 10.2. The number of nitrogen functional groups attached to an aromatic ring is 1. The minimum absolute atomic E-state index is 0.795. The second-order valence-electron chi connectivity index (χ2n) is 5.49. The molecule has 0 aliphatic carbocycles. The summed E-state index contributed by atoms with van der Waals surface area (Å²) in [7, 11) is 0. The standard InChI is InChI=1S/C16H23N5/c1-3-19-9-11-20(12-10-19)16-15(17)13(2)18-21(16)14-7-5-4-6-8-14/h4-8H,3,9-12,17H2,1-2H3. The maximum Gasteiger partial charge on any atom is 0.156 e. The first-order valence-electron chi connectivity index (χ1n) is 7.58. The van der Waals surface area contributed by atoms with E-state index in [9.17, 15) is 0 Å². The largest absolute Gasteiger partial charge is 0.394 e. The Kier molecular flexibility index (Phi) is 3.84. The lowest BCUT2D eigenvalue weighted by Crippen LogP contribution is -2.47. The lowest BCUT2D eigenvalue weighted by atomic mass is 10.2. The maximum atomic E-state index is 6.30. The molecule has 1 fully saturated rings. The molecule has 21 heavy (non-hydrogen) atoms. The summed E-state index contributed by atoms with van der Waals surface area (Å²) >= 11 is 0. The van der Waals surface area contributed by atoms with Gasteiger partial charge in [-0.25, -0.2) is 4.68 Å². The van der Waals surface area contributed by atoms with Crippen molar-refractivity contribution in [1.82, 2.24) is 14.7 Å². The van der Waals surface area contributed by atoms with Crippen LogP contribution in [0.5, 0.6) is 0 Å². The molecule has 0 amide bonds. The predicted molar refractivity (Wildman–Crippen MR) is 87.0 cm³/mol. The number of benzene rings is 1. The molecule has 0 unspecified atom stereocenters. The van der Waals surface area contributed by atoms with Crippen molar-refractivity contribution in [2.45, 2.75) is 13.8 Å². The number of nitrogens with zero attached hydrogens (tertiary/aromatic N) is 4. The Morgan fingerprint density at radius 1 is 1.10 bits per heavy atom. The highest BCUT2D eigenvalue weighted by Crippen LogP contribution is 2.30. The molecule has 0 spiro atoms. The van der Waals surface area contributed by atoms with Gasteiger partial charge in [-0.15, -0.1) is 0 Å². The zero-order valence-corrected chi connectivity index (χ0v) is 12.8. The van der Waals surface area contributed by atoms with E-state index >= 15 is 0 Å². The summed E-state index contributed by atoms with van der Waals surface area (Å²) < 4.78 is 1.98. The fraction of sp³-hybridized carbons (Fsp3) is 0.438. The number of hydrogen-bond acceptors (Lipinski definition) is 4. The first-order chi connectivity index (χ1) is 10.2. The molecule has 2 N–H and O–H groups in total. The number of rotatable bonds is 3. The first-order valence-corrected chi connectivity index (χ1v) is 7.58. The molecule has 0 radical (unpaired) electrons. The zero-order chi connectivity index (χ0) is 14.8. The molecule has 1 aromatic heterocycles. The highest BCUT2D eigenvalue weighted by molar-refractivity contribution is 5.69. The third-order valence-electron chi connectivity index (χ3n) is 4.20. The second kappa shape index (κ2) is 5.77. The number of hydrogen-bond donors (Lipinski definition) is 1. The summed E-state index contributed by atoms with van der Waals surface area (Å²) in [4.78, 5) is 4.82. The highest BCUT2D eigenvalue weighted by Gasteiger charge is 2.23. The van der Waals surface area contributed by atoms with E-state index in [0.29, 0.717) is 0 Å². The van der Waals surface area contributed by atoms with E-state index in [4.69, 9.17) is 5.73 Å². The summed E-state index contributed by atoms with van der Waals surface area (Å²) in [6.07, 6.45) is 0. The fourth-order valence-corrected chi connectivity index (χ4v) is 2.86. The van der Waals surface area contributed by atoms with Gasteiger partial charge in [-0.05, 0) is 25.6 Å². The van der Waals surface area contributed by atoms with Gasteiger partial charge in [-0.2, -0.15) is 5.10 Å². The van der Waals surface area contributed by atoms with E-state index in [1.807, 2.05) is 29.8 Å². The smallest absolute Gasteiger partial charge is 0.156 e. The van der Waals surface area contributed by atoms with Crippen LogP contribution in [0.4, 0.5) is 11.5 Å². The number of nitrogens with two attached hydrogens (primary N) is 1. The van der Waals surface area contributed by atoms with Crippen molar-refractivity contribution in [2.24, 2.45) is 0 Å². The second-order valence-corrected chi connectivity index (χ2v) is 5.49. The number of aromatic nitrogens is 2. The third kappa shape index (κ3) is 2.61. The summed E-state index contributed by atoms with van der Waals surface area (Å²) in [5.41, 5.74) is 9.05. The Balaban J connectivity index is 1.95. The first kappa shape index (κ1) is 13.9. The molecule has 1 aliphatic heterocycles. The van der Waals surface area contributed by atoms with Crippen molar-refractivity contribution in [3.63, 3.8) is 0 Å². The van der Waals surface area contributed by atoms with Crippen LogP contribution in [0.3, 0.4) is 0 Å². The molecule has 112 valence electrons. The van der Waals surface area contributed by atoms with E-state index in [1.165, 1.54) is 0 Å². The SMILES string of the molecule is CCN1CCN(c2c(N)c(C)nn2-c2ccccc2)CC1. The van der Waals surface area contributed by atoms with Gasteiger partial charge < -0.3 is 15.5 Å². The summed E-state index contributed by atoms with van der Waals surface area (Å²) in [5.74, 6) is 1.04. The predicted octanol–water partition coefficient (Wildman–Crippen LogP) is 1.90. The molecule has 5 nitrogen and oxygen atoms in total. The van der Waals surface area contributed by atoms with Gasteiger partial charge in [0.15, 0.2) is 5.82 Å². The van der Waals surface area contributed by atoms with Crippen LogP contribution >= 0.6 is 0 Å². The average molecular weight is 285 g/mol. The molecule has 1 aliphatic rings. The lowest BCUT2D eigenvalue weighted by molar-refractivity contribution is 0.270. The van der Waals surface area contributed by atoms with Crippen molar-refractivity contribution in [2.75, 3.05) is 43.4 Å². The molecular formula is C16H23N5. The maximum absolute atomic E-state index is 6.30. The Bertz CT molecular complexity index is 597. The number of aryl methyl sites for hydroxylation is 1. The number of likely N-dealkylation sites (N-methyl/N-ethyl adjacent to an activating group) is 1. The van der Waals surface area contributed by atoms with Gasteiger partial charge in [0.25, 0.3) is 0 Å². The average Bonchev–Trinajstić information content (AvgIpc) is 2.84. The van der Waals surface area contributed by atoms with Gasteiger partial charge in [0, 0.05) is 26.2 Å². The van der Waals surface area contributed by atoms with Crippen molar-refractivity contribution < 1.29 is 0 Å². The van der Waals surface area contributed by atoms with Crippen molar-refractivity contribution in [3.8, 4) is 5.69 Å². The van der Waals surface area contributed by atoms with Crippen LogP contribution in [0, 0.1) is 6.92 Å². The Morgan fingerprint density at radius 3 is 2.38 bits per heavy atom. The number of para-hydroxylation sites is 1. The van der Waals surface area contributed by atoms with Gasteiger partial charge >= 0.3 is 0 Å². The summed E-state index contributed by atoms with van der Waals surface area (Å²) in [6.45, 7) is 9.44. The van der Waals surface area contributed by atoms with Crippen molar-refractivity contribution >= 4 is 11.5 Å². The van der Waals surface area contributed by atoms with Gasteiger partial charge in [-0.1, -0.05) is 25.1 Å². The van der Waals surface area contributed by atoms with Gasteiger partial charge in [0.1, 0.15) is 0 Å². The minimum atomic E-state index is 0.795. The van der Waals surface area contributed by atoms with Gasteiger partial charge in [0.2, 0.25) is 0 Å². The van der Waals surface area contributed by atoms with Crippen LogP contribution in [0.1, 0.15) is 12.6 Å². The molecule has 0 saturated carbocycles. The Hall–Kier alpha value is -2.01. The van der Waals surface area contributed by atoms with E-state index in [2.05, 4.69) is 34.0 Å². The highest BCUT2D eigenvalue weighted by atomic mass is 15.4. The number of piperazine rings is 1. The van der Waals surface area contributed by atoms with Crippen molar-refractivity contribution in [3.05, 3.63) is 36.0 Å². The van der Waals surface area contributed by atoms with Crippen molar-refractivity contribution in [1.29, 1.82) is 0 Å². The van der Waals surface area contributed by atoms with E-state index in [1.54, 1.807) is 0 Å². The van der Waals surface area contributed by atoms with Crippen LogP contribution in [-0.2, 0) is 0 Å². The normalized spacial score (nSPS) is 16.4. The van der Waals surface area contributed by atoms with Crippen LogP contribution in [0.25, 0.3) is 5.69 Å². The van der Waals surface area contributed by atoms with Gasteiger partial charge in [0.05, 0.1) is 17.1 Å². The molecule has 2 heterocycles. The molecule has 0 atom stereocenters. The minimum Gasteiger partial charge on any atom is -0.394 e. The van der Waals surface area contributed by atoms with Crippen LogP contribution < -0.4 is 10.6 Å². The van der Waals surface area contributed by atoms with E-state index in [0.717, 1.165) is 55.6 Å². The van der Waals surface area contributed by atoms with Crippen LogP contribution in [0.2, 0.25) is 0 Å². The zero-order valence-electron chi connectivity index (χ0n) is 12.8. The molecule has 5 heteroatoms.